The van der Waals surface area contributed by atoms with E-state index >= 15 is 0 Å². The predicted molar refractivity (Wildman–Crippen MR) is 48.8 cm³/mol. The van der Waals surface area contributed by atoms with Gasteiger partial charge in [-0.3, -0.25) is 4.21 Å². The molecule has 0 atom stereocenters. The lowest BCUT2D eigenvalue weighted by atomic mass is 10.6. The zero-order valence-corrected chi connectivity index (χ0v) is 8.60. The third-order valence-corrected chi connectivity index (χ3v) is 4.70. The van der Waals surface area contributed by atoms with Gasteiger partial charge in [-0.15, -0.1) is 0 Å². The minimum Gasteiger partial charge on any atom is -0.259 e. The van der Waals surface area contributed by atoms with E-state index in [1.807, 2.05) is 0 Å². The molecule has 0 aliphatic carbocycles. The lowest BCUT2D eigenvalue weighted by molar-refractivity contribution is 0.441. The summed E-state index contributed by atoms with van der Waals surface area (Å²) in [5.74, 6) is 0.273. The predicted octanol–water partition coefficient (Wildman–Crippen LogP) is -1.10. The van der Waals surface area contributed by atoms with Crippen LogP contribution in [0.15, 0.2) is 0 Å². The van der Waals surface area contributed by atoms with Gasteiger partial charge in [0.15, 0.2) is 5.75 Å². The van der Waals surface area contributed by atoms with Gasteiger partial charge in [0, 0.05) is 35.4 Å². The Kier molecular flexibility index (Phi) is 3.41. The Morgan fingerprint density at radius 2 is 1.92 bits per heavy atom. The molecule has 0 amide bonds. The first kappa shape index (κ1) is 10.6. The van der Waals surface area contributed by atoms with Crippen molar-refractivity contribution in [3.8, 4) is 6.07 Å². The van der Waals surface area contributed by atoms with Gasteiger partial charge in [0.05, 0.1) is 6.07 Å². The summed E-state index contributed by atoms with van der Waals surface area (Å²) in [7, 11) is -4.31. The quantitative estimate of drug-likeness (QED) is 0.594. The Bertz CT molecular complexity index is 333. The molecule has 0 aromatic rings. The van der Waals surface area contributed by atoms with Gasteiger partial charge in [0.1, 0.15) is 0 Å². The van der Waals surface area contributed by atoms with Gasteiger partial charge in [-0.25, -0.2) is 8.42 Å². The number of sulfonamides is 1. The molecule has 0 unspecified atom stereocenters. The molecule has 5 nitrogen and oxygen atoms in total. The fraction of sp³-hybridized carbons (Fsp3) is 0.833. The minimum absolute atomic E-state index is 0.274. The van der Waals surface area contributed by atoms with Crippen LogP contribution in [0.3, 0.4) is 0 Å². The maximum absolute atomic E-state index is 11.3. The molecule has 7 heteroatoms. The first-order chi connectivity index (χ1) is 6.06. The summed E-state index contributed by atoms with van der Waals surface area (Å²) in [6, 6.07) is 1.61. The molecule has 1 fully saturated rings. The molecule has 13 heavy (non-hydrogen) atoms. The molecule has 1 saturated heterocycles. The van der Waals surface area contributed by atoms with Crippen molar-refractivity contribution in [3.05, 3.63) is 0 Å². The molecule has 0 aromatic heterocycles. The third-order valence-electron chi connectivity index (χ3n) is 1.78. The molecule has 0 aromatic carbocycles. The topological polar surface area (TPSA) is 78.2 Å². The van der Waals surface area contributed by atoms with Crippen molar-refractivity contribution in [2.75, 3.05) is 30.3 Å². The van der Waals surface area contributed by atoms with Crippen LogP contribution in [-0.4, -0.2) is 47.3 Å². The maximum Gasteiger partial charge on any atom is 0.227 e. The van der Waals surface area contributed by atoms with E-state index < -0.39 is 26.6 Å². The second-order valence-corrected chi connectivity index (χ2v) is 6.33. The summed E-state index contributed by atoms with van der Waals surface area (Å²) in [6.07, 6.45) is 0. The van der Waals surface area contributed by atoms with Crippen LogP contribution in [0.2, 0.25) is 0 Å². The zero-order chi connectivity index (χ0) is 9.90. The van der Waals surface area contributed by atoms with Crippen molar-refractivity contribution in [2.45, 2.75) is 0 Å². The minimum atomic E-state index is -3.42. The van der Waals surface area contributed by atoms with E-state index in [2.05, 4.69) is 0 Å². The van der Waals surface area contributed by atoms with Gasteiger partial charge >= 0.3 is 0 Å². The van der Waals surface area contributed by atoms with Crippen molar-refractivity contribution < 1.29 is 12.6 Å². The van der Waals surface area contributed by atoms with Crippen LogP contribution in [0, 0.1) is 11.3 Å². The first-order valence-electron chi connectivity index (χ1n) is 3.76. The monoisotopic (exact) mass is 222 g/mol. The SMILES string of the molecule is N#CCS(=O)(=O)N1CCS(=O)CC1. The Balaban J connectivity index is 2.64. The fourth-order valence-corrected chi connectivity index (χ4v) is 3.44. The molecule has 0 saturated carbocycles. The normalized spacial score (nSPS) is 21.2. The van der Waals surface area contributed by atoms with E-state index in [1.165, 1.54) is 4.31 Å². The van der Waals surface area contributed by atoms with Crippen molar-refractivity contribution in [2.24, 2.45) is 0 Å². The van der Waals surface area contributed by atoms with Crippen LogP contribution >= 0.6 is 0 Å². The van der Waals surface area contributed by atoms with E-state index in [4.69, 9.17) is 5.26 Å². The van der Waals surface area contributed by atoms with E-state index in [1.54, 1.807) is 6.07 Å². The Morgan fingerprint density at radius 3 is 2.38 bits per heavy atom. The number of nitriles is 1. The summed E-state index contributed by atoms with van der Waals surface area (Å²) >= 11 is 0. The highest BCUT2D eigenvalue weighted by atomic mass is 32.2. The molecule has 1 aliphatic rings. The Morgan fingerprint density at radius 1 is 1.38 bits per heavy atom. The van der Waals surface area contributed by atoms with Crippen molar-refractivity contribution >= 4 is 20.8 Å². The van der Waals surface area contributed by atoms with Crippen LogP contribution in [0.4, 0.5) is 0 Å². The van der Waals surface area contributed by atoms with Crippen LogP contribution < -0.4 is 0 Å². The number of hydrogen-bond acceptors (Lipinski definition) is 4. The van der Waals surface area contributed by atoms with E-state index in [0.29, 0.717) is 11.5 Å². The average Bonchev–Trinajstić information content (AvgIpc) is 2.05. The fourth-order valence-electron chi connectivity index (χ4n) is 1.07. The largest absolute Gasteiger partial charge is 0.259 e. The number of nitrogens with zero attached hydrogens (tertiary/aromatic N) is 2. The second kappa shape index (κ2) is 4.17. The van der Waals surface area contributed by atoms with Gasteiger partial charge in [0.2, 0.25) is 10.0 Å². The first-order valence-corrected chi connectivity index (χ1v) is 6.86. The summed E-state index contributed by atoms with van der Waals surface area (Å²) in [5, 5.41) is 8.27. The van der Waals surface area contributed by atoms with E-state index in [0.717, 1.165) is 0 Å². The molecule has 0 bridgehead atoms. The van der Waals surface area contributed by atoms with Crippen molar-refractivity contribution in [1.29, 1.82) is 5.26 Å². The zero-order valence-electron chi connectivity index (χ0n) is 6.97. The lowest BCUT2D eigenvalue weighted by Gasteiger charge is -2.24. The molecule has 1 heterocycles. The van der Waals surface area contributed by atoms with Gasteiger partial charge in [0.25, 0.3) is 0 Å². The third kappa shape index (κ3) is 2.76. The average molecular weight is 222 g/mol. The number of hydrogen-bond donors (Lipinski definition) is 0. The summed E-state index contributed by atoms with van der Waals surface area (Å²) in [5.41, 5.74) is 0. The van der Waals surface area contributed by atoms with Gasteiger partial charge in [-0.05, 0) is 0 Å². The molecule has 0 spiro atoms. The summed E-state index contributed by atoms with van der Waals surface area (Å²) in [6.45, 7) is 0.549. The Hall–Kier alpha value is -0.450. The van der Waals surface area contributed by atoms with Crippen molar-refractivity contribution in [1.82, 2.24) is 4.31 Å². The van der Waals surface area contributed by atoms with E-state index in [-0.39, 0.29) is 13.1 Å². The molecule has 1 aliphatic heterocycles. The van der Waals surface area contributed by atoms with Crippen LogP contribution in [0.25, 0.3) is 0 Å². The number of rotatable bonds is 2. The van der Waals surface area contributed by atoms with E-state index in [9.17, 15) is 12.6 Å². The molecule has 1 rings (SSSR count). The van der Waals surface area contributed by atoms with Crippen LogP contribution in [0.5, 0.6) is 0 Å². The highest BCUT2D eigenvalue weighted by Crippen LogP contribution is 2.06. The molecule has 74 valence electrons. The second-order valence-electron chi connectivity index (χ2n) is 2.66. The lowest BCUT2D eigenvalue weighted by Crippen LogP contribution is -2.42. The molecule has 0 N–H and O–H groups in total. The highest BCUT2D eigenvalue weighted by molar-refractivity contribution is 7.89. The van der Waals surface area contributed by atoms with Gasteiger partial charge in [-0.1, -0.05) is 0 Å². The molecular weight excluding hydrogens is 212 g/mol. The Labute approximate surface area is 79.8 Å². The van der Waals surface area contributed by atoms with Gasteiger partial charge in [-0.2, -0.15) is 9.57 Å². The summed E-state index contributed by atoms with van der Waals surface area (Å²) in [4.78, 5) is 0. The van der Waals surface area contributed by atoms with Crippen molar-refractivity contribution in [3.63, 3.8) is 0 Å². The van der Waals surface area contributed by atoms with Gasteiger partial charge < -0.3 is 0 Å². The van der Waals surface area contributed by atoms with Crippen LogP contribution in [-0.2, 0) is 20.8 Å². The smallest absolute Gasteiger partial charge is 0.227 e. The molecule has 0 radical (unpaired) electrons. The standard InChI is InChI=1S/C6H10N2O3S2/c7-1-6-13(10,11)8-2-4-12(9)5-3-8/h2-6H2. The summed E-state index contributed by atoms with van der Waals surface area (Å²) < 4.78 is 34.7. The van der Waals surface area contributed by atoms with Crippen LogP contribution in [0.1, 0.15) is 0 Å². The maximum atomic E-state index is 11.3. The highest BCUT2D eigenvalue weighted by Gasteiger charge is 2.25. The molecular formula is C6H10N2O3S2.